The number of amides is 2. The first kappa shape index (κ1) is 17.0. The summed E-state index contributed by atoms with van der Waals surface area (Å²) in [7, 11) is 1.60. The van der Waals surface area contributed by atoms with Crippen molar-refractivity contribution in [1.29, 1.82) is 0 Å². The smallest absolute Gasteiger partial charge is 0.319 e. The van der Waals surface area contributed by atoms with Gasteiger partial charge in [0.05, 0.1) is 30.5 Å². The van der Waals surface area contributed by atoms with Gasteiger partial charge in [-0.2, -0.15) is 5.10 Å². The Morgan fingerprint density at radius 3 is 2.81 bits per heavy atom. The molecule has 1 heterocycles. The molecule has 1 rings (SSSR count). The number of aliphatic carboxylic acids is 1. The summed E-state index contributed by atoms with van der Waals surface area (Å²) in [5.41, 5.74) is -0.433. The summed E-state index contributed by atoms with van der Waals surface area (Å²) in [6, 6.07) is -0.456. The number of nitrogens with zero attached hydrogens (tertiary/aromatic N) is 2. The van der Waals surface area contributed by atoms with Crippen LogP contribution in [0.15, 0.2) is 12.4 Å². The highest BCUT2D eigenvalue weighted by Gasteiger charge is 2.31. The molecular formula is C13H22N4O4. The van der Waals surface area contributed by atoms with Gasteiger partial charge < -0.3 is 20.5 Å². The number of rotatable bonds is 8. The van der Waals surface area contributed by atoms with E-state index in [0.717, 1.165) is 0 Å². The van der Waals surface area contributed by atoms with Gasteiger partial charge in [-0.05, 0) is 13.3 Å². The highest BCUT2D eigenvalue weighted by molar-refractivity contribution is 5.89. The van der Waals surface area contributed by atoms with Crippen molar-refractivity contribution in [2.75, 3.05) is 25.6 Å². The molecule has 1 aromatic heterocycles. The second kappa shape index (κ2) is 7.63. The first-order chi connectivity index (χ1) is 9.91. The molecule has 1 unspecified atom stereocenters. The van der Waals surface area contributed by atoms with Gasteiger partial charge in [-0.1, -0.05) is 6.92 Å². The number of urea groups is 1. The molecule has 0 aliphatic heterocycles. The Hall–Kier alpha value is -2.09. The molecule has 0 aliphatic rings. The summed E-state index contributed by atoms with van der Waals surface area (Å²) in [5.74, 6) is -0.933. The Balaban J connectivity index is 2.46. The quantitative estimate of drug-likeness (QED) is 0.667. The normalized spacial score (nSPS) is 13.5. The van der Waals surface area contributed by atoms with E-state index < -0.39 is 17.4 Å². The van der Waals surface area contributed by atoms with Crippen LogP contribution >= 0.6 is 0 Å². The Morgan fingerprint density at radius 1 is 1.52 bits per heavy atom. The molecule has 1 atom stereocenters. The molecule has 0 saturated carbocycles. The third-order valence-electron chi connectivity index (χ3n) is 3.35. The number of aromatic nitrogens is 2. The van der Waals surface area contributed by atoms with Crippen LogP contribution in [0.4, 0.5) is 10.5 Å². The molecular weight excluding hydrogens is 276 g/mol. The van der Waals surface area contributed by atoms with Gasteiger partial charge in [0.1, 0.15) is 0 Å². The first-order valence-corrected chi connectivity index (χ1v) is 6.71. The largest absolute Gasteiger partial charge is 0.481 e. The van der Waals surface area contributed by atoms with Crippen molar-refractivity contribution >= 4 is 17.7 Å². The lowest BCUT2D eigenvalue weighted by Crippen LogP contribution is -2.42. The van der Waals surface area contributed by atoms with Gasteiger partial charge in [0.2, 0.25) is 0 Å². The lowest BCUT2D eigenvalue weighted by atomic mass is 9.88. The third-order valence-corrected chi connectivity index (χ3v) is 3.35. The molecule has 0 fully saturated rings. The zero-order valence-electron chi connectivity index (χ0n) is 12.5. The summed E-state index contributed by atoms with van der Waals surface area (Å²) >= 11 is 0. The Kier molecular flexibility index (Phi) is 6.16. The van der Waals surface area contributed by atoms with Crippen LogP contribution in [-0.2, 0) is 16.1 Å². The second-order valence-corrected chi connectivity index (χ2v) is 5.01. The van der Waals surface area contributed by atoms with Crippen LogP contribution in [-0.4, -0.2) is 47.1 Å². The minimum atomic E-state index is -0.972. The fourth-order valence-electron chi connectivity index (χ4n) is 1.54. The van der Waals surface area contributed by atoms with Gasteiger partial charge in [-0.15, -0.1) is 0 Å². The van der Waals surface area contributed by atoms with Crippen LogP contribution in [0, 0.1) is 5.41 Å². The van der Waals surface area contributed by atoms with Crippen LogP contribution in [0.5, 0.6) is 0 Å². The predicted octanol–water partition coefficient (Wildman–Crippen LogP) is 1.15. The molecule has 0 aliphatic carbocycles. The zero-order valence-corrected chi connectivity index (χ0v) is 12.5. The number of carboxylic acids is 1. The highest BCUT2D eigenvalue weighted by Crippen LogP contribution is 2.19. The number of hydrogen-bond donors (Lipinski definition) is 3. The van der Waals surface area contributed by atoms with Gasteiger partial charge in [0.25, 0.3) is 0 Å². The van der Waals surface area contributed by atoms with Crippen molar-refractivity contribution in [3.8, 4) is 0 Å². The minimum absolute atomic E-state index is 0.0580. The number of methoxy groups -OCH3 is 1. The van der Waals surface area contributed by atoms with Gasteiger partial charge in [0.15, 0.2) is 0 Å². The first-order valence-electron chi connectivity index (χ1n) is 6.71. The molecule has 2 amide bonds. The highest BCUT2D eigenvalue weighted by atomic mass is 16.5. The molecule has 3 N–H and O–H groups in total. The van der Waals surface area contributed by atoms with E-state index in [4.69, 9.17) is 9.84 Å². The number of hydrogen-bond acceptors (Lipinski definition) is 4. The van der Waals surface area contributed by atoms with Crippen LogP contribution in [0.1, 0.15) is 20.3 Å². The summed E-state index contributed by atoms with van der Waals surface area (Å²) in [6.45, 7) is 4.54. The Bertz CT molecular complexity index is 488. The number of carbonyl (C=O) groups excluding carboxylic acids is 1. The third kappa shape index (κ3) is 5.07. The van der Waals surface area contributed by atoms with Crippen LogP contribution in [0.2, 0.25) is 0 Å². The maximum atomic E-state index is 11.7. The molecule has 1 aromatic rings. The molecule has 0 bridgehead atoms. The Morgan fingerprint density at radius 2 is 2.24 bits per heavy atom. The van der Waals surface area contributed by atoms with Gasteiger partial charge in [-0.3, -0.25) is 9.48 Å². The number of carbonyl (C=O) groups is 2. The van der Waals surface area contributed by atoms with E-state index >= 15 is 0 Å². The average molecular weight is 298 g/mol. The summed E-state index contributed by atoms with van der Waals surface area (Å²) in [4.78, 5) is 22.9. The Labute approximate surface area is 123 Å². The van der Waals surface area contributed by atoms with Crippen molar-refractivity contribution < 1.29 is 19.4 Å². The average Bonchev–Trinajstić information content (AvgIpc) is 2.89. The van der Waals surface area contributed by atoms with Gasteiger partial charge in [0, 0.05) is 19.9 Å². The monoisotopic (exact) mass is 298 g/mol. The molecule has 21 heavy (non-hydrogen) atoms. The van der Waals surface area contributed by atoms with Crippen LogP contribution < -0.4 is 10.6 Å². The van der Waals surface area contributed by atoms with E-state index in [2.05, 4.69) is 15.7 Å². The second-order valence-electron chi connectivity index (χ2n) is 5.01. The molecule has 118 valence electrons. The van der Waals surface area contributed by atoms with Gasteiger partial charge in [-0.25, -0.2) is 4.79 Å². The summed E-state index contributed by atoms with van der Waals surface area (Å²) in [6.07, 6.45) is 3.62. The lowest BCUT2D eigenvalue weighted by Gasteiger charge is -2.23. The predicted molar refractivity (Wildman–Crippen MR) is 77.2 cm³/mol. The lowest BCUT2D eigenvalue weighted by molar-refractivity contribution is -0.147. The number of ether oxygens (including phenoxy) is 1. The van der Waals surface area contributed by atoms with Crippen LogP contribution in [0.25, 0.3) is 0 Å². The number of nitrogens with one attached hydrogen (secondary N) is 2. The fourth-order valence-corrected chi connectivity index (χ4v) is 1.54. The standard InChI is InChI=1S/C13H22N4O4/c1-4-13(2,11(18)19)9-14-12(20)16-10-7-15-17(8-10)5-6-21-3/h7-8H,4-6,9H2,1-3H3,(H,18,19)(H2,14,16,20). The van der Waals surface area contributed by atoms with E-state index in [1.807, 2.05) is 0 Å². The van der Waals surface area contributed by atoms with Crippen molar-refractivity contribution in [2.45, 2.75) is 26.8 Å². The topological polar surface area (TPSA) is 105 Å². The van der Waals surface area contributed by atoms with E-state index in [-0.39, 0.29) is 6.54 Å². The van der Waals surface area contributed by atoms with Crippen molar-refractivity contribution in [2.24, 2.45) is 5.41 Å². The molecule has 0 spiro atoms. The molecule has 0 aromatic carbocycles. The summed E-state index contributed by atoms with van der Waals surface area (Å²) in [5, 5.41) is 18.4. The minimum Gasteiger partial charge on any atom is -0.481 e. The van der Waals surface area contributed by atoms with Crippen molar-refractivity contribution in [3.63, 3.8) is 0 Å². The van der Waals surface area contributed by atoms with Crippen LogP contribution in [0.3, 0.4) is 0 Å². The van der Waals surface area contributed by atoms with E-state index in [0.29, 0.717) is 25.3 Å². The molecule has 0 saturated heterocycles. The fraction of sp³-hybridized carbons (Fsp3) is 0.615. The molecule has 8 heteroatoms. The van der Waals surface area contributed by atoms with Crippen molar-refractivity contribution in [3.05, 3.63) is 12.4 Å². The molecule has 0 radical (unpaired) electrons. The molecule has 8 nitrogen and oxygen atoms in total. The van der Waals surface area contributed by atoms with Gasteiger partial charge >= 0.3 is 12.0 Å². The van der Waals surface area contributed by atoms with E-state index in [9.17, 15) is 9.59 Å². The van der Waals surface area contributed by atoms with Crippen molar-refractivity contribution in [1.82, 2.24) is 15.1 Å². The maximum absolute atomic E-state index is 11.7. The zero-order chi connectivity index (χ0) is 15.9. The number of carboxylic acid groups (broad SMARTS) is 1. The summed E-state index contributed by atoms with van der Waals surface area (Å²) < 4.78 is 6.58. The SMILES string of the molecule is CCC(C)(CNC(=O)Nc1cnn(CCOC)c1)C(=O)O. The van der Waals surface area contributed by atoms with E-state index in [1.165, 1.54) is 6.20 Å². The van der Waals surface area contributed by atoms with E-state index in [1.54, 1.807) is 31.8 Å². The number of anilines is 1. The maximum Gasteiger partial charge on any atom is 0.319 e.